The van der Waals surface area contributed by atoms with E-state index < -0.39 is 17.1 Å². The van der Waals surface area contributed by atoms with Crippen LogP contribution in [0.4, 0.5) is 0 Å². The molecule has 33 heavy (non-hydrogen) atoms. The fourth-order valence-corrected chi connectivity index (χ4v) is 6.97. The third kappa shape index (κ3) is 11.8. The van der Waals surface area contributed by atoms with E-state index in [0.717, 1.165) is 38.5 Å². The van der Waals surface area contributed by atoms with E-state index in [9.17, 15) is 14.4 Å². The molecular formula is C24H51N3O3Si3. The van der Waals surface area contributed by atoms with E-state index in [0.29, 0.717) is 19.6 Å². The van der Waals surface area contributed by atoms with Crippen molar-refractivity contribution < 1.29 is 0 Å². The molecule has 0 N–H and O–H groups in total. The van der Waals surface area contributed by atoms with Gasteiger partial charge in [-0.15, -0.1) is 0 Å². The maximum absolute atomic E-state index is 13.1. The highest BCUT2D eigenvalue weighted by Crippen LogP contribution is 2.06. The number of rotatable bonds is 21. The van der Waals surface area contributed by atoms with E-state index in [4.69, 9.17) is 0 Å². The van der Waals surface area contributed by atoms with E-state index >= 15 is 0 Å². The highest BCUT2D eigenvalue weighted by Gasteiger charge is 2.15. The van der Waals surface area contributed by atoms with Crippen LogP contribution in [-0.4, -0.2) is 42.3 Å². The van der Waals surface area contributed by atoms with Crippen molar-refractivity contribution in [3.05, 3.63) is 31.5 Å². The van der Waals surface area contributed by atoms with E-state index in [2.05, 4.69) is 19.6 Å². The van der Waals surface area contributed by atoms with Gasteiger partial charge >= 0.3 is 17.1 Å². The molecule has 0 saturated heterocycles. The molecule has 9 heteroatoms. The second-order valence-electron chi connectivity index (χ2n) is 9.61. The summed E-state index contributed by atoms with van der Waals surface area (Å²) >= 11 is 0. The highest BCUT2D eigenvalue weighted by atomic mass is 28.2. The molecule has 1 heterocycles. The molecule has 0 unspecified atom stereocenters. The Morgan fingerprint density at radius 3 is 0.909 bits per heavy atom. The van der Waals surface area contributed by atoms with Crippen LogP contribution in [0.5, 0.6) is 0 Å². The van der Waals surface area contributed by atoms with Gasteiger partial charge in [-0.2, -0.15) is 0 Å². The number of hydrogen-bond acceptors (Lipinski definition) is 3. The first-order chi connectivity index (χ1) is 16.1. The summed E-state index contributed by atoms with van der Waals surface area (Å²) in [5.41, 5.74) is -1.18. The van der Waals surface area contributed by atoms with Gasteiger partial charge in [0.15, 0.2) is 0 Å². The van der Waals surface area contributed by atoms with Crippen LogP contribution >= 0.6 is 0 Å². The second kappa shape index (κ2) is 19.4. The zero-order chi connectivity index (χ0) is 24.3. The first kappa shape index (κ1) is 30.1. The molecule has 0 radical (unpaired) electrons. The molecule has 1 rings (SSSR count). The molecular weight excluding hydrogens is 463 g/mol. The zero-order valence-corrected chi connectivity index (χ0v) is 26.2. The van der Waals surface area contributed by atoms with Gasteiger partial charge < -0.3 is 0 Å². The smallest absolute Gasteiger partial charge is 0.247 e. The number of aromatic nitrogens is 3. The van der Waals surface area contributed by atoms with Gasteiger partial charge in [0.2, 0.25) is 0 Å². The maximum atomic E-state index is 13.1. The third-order valence-corrected chi connectivity index (χ3v) is 10.2. The average molecular weight is 514 g/mol. The minimum atomic E-state index is -0.393. The molecule has 6 nitrogen and oxygen atoms in total. The summed E-state index contributed by atoms with van der Waals surface area (Å²) in [6, 6.07) is 4.12. The van der Waals surface area contributed by atoms with Crippen LogP contribution in [0.25, 0.3) is 0 Å². The Kier molecular flexibility index (Phi) is 17.7. The standard InChI is InChI=1S/C24H51N3O3Si3/c1-31-19-13-7-4-10-16-25-22(28)26(17-11-5-8-14-20-32-2)24(30)27(23(25)29)18-12-6-9-15-21-33-3/h4-21,31-33H2,1-3H3. The first-order valence-electron chi connectivity index (χ1n) is 14.0. The molecule has 0 saturated carbocycles. The molecule has 0 fully saturated rings. The van der Waals surface area contributed by atoms with Gasteiger partial charge in [-0.05, 0) is 19.3 Å². The Hall–Kier alpha value is -0.939. The van der Waals surface area contributed by atoms with Crippen LogP contribution < -0.4 is 17.1 Å². The predicted molar refractivity (Wildman–Crippen MR) is 152 cm³/mol. The summed E-state index contributed by atoms with van der Waals surface area (Å²) in [7, 11) is 0.380. The number of hydrogen-bond donors (Lipinski definition) is 0. The van der Waals surface area contributed by atoms with Crippen molar-refractivity contribution in [2.75, 3.05) is 0 Å². The first-order valence-corrected chi connectivity index (χ1v) is 21.3. The van der Waals surface area contributed by atoms with Crippen molar-refractivity contribution >= 4 is 28.6 Å². The SMILES string of the molecule is C[SiH2]CCCCCCn1c(=O)n(CCCCCC[SiH2]C)c(=O)n(CCCCCC[SiH2]C)c1=O. The van der Waals surface area contributed by atoms with Crippen molar-refractivity contribution in [3.63, 3.8) is 0 Å². The summed E-state index contributed by atoms with van der Waals surface area (Å²) < 4.78 is 4.05. The molecule has 1 aromatic rings. The summed E-state index contributed by atoms with van der Waals surface area (Å²) in [5.74, 6) is 0. The Balaban J connectivity index is 2.89. The van der Waals surface area contributed by atoms with Gasteiger partial charge in [0.05, 0.1) is 0 Å². The summed E-state index contributed by atoms with van der Waals surface area (Å²) in [5, 5.41) is 0. The van der Waals surface area contributed by atoms with Gasteiger partial charge in [-0.25, -0.2) is 28.1 Å². The van der Waals surface area contributed by atoms with E-state index in [1.54, 1.807) is 0 Å². The zero-order valence-electron chi connectivity index (χ0n) is 21.9. The Morgan fingerprint density at radius 2 is 0.667 bits per heavy atom. The normalized spacial score (nSPS) is 12.5. The monoisotopic (exact) mass is 513 g/mol. The molecule has 0 bridgehead atoms. The maximum Gasteiger partial charge on any atom is 0.336 e. The van der Waals surface area contributed by atoms with Gasteiger partial charge in [0.25, 0.3) is 0 Å². The molecule has 0 aliphatic rings. The van der Waals surface area contributed by atoms with Crippen LogP contribution in [0.2, 0.25) is 37.8 Å². The van der Waals surface area contributed by atoms with Gasteiger partial charge in [-0.1, -0.05) is 95.6 Å². The van der Waals surface area contributed by atoms with Crippen LogP contribution in [0.15, 0.2) is 14.4 Å². The fraction of sp³-hybridized carbons (Fsp3) is 0.875. The second-order valence-corrected chi connectivity index (χ2v) is 14.7. The third-order valence-electron chi connectivity index (χ3n) is 6.59. The molecule has 0 atom stereocenters. The van der Waals surface area contributed by atoms with E-state index in [1.165, 1.54) is 70.4 Å². The molecule has 0 aliphatic carbocycles. The van der Waals surface area contributed by atoms with Crippen molar-refractivity contribution in [2.24, 2.45) is 0 Å². The molecule has 0 aliphatic heterocycles. The van der Waals surface area contributed by atoms with E-state index in [1.807, 2.05) is 0 Å². The Labute approximate surface area is 208 Å². The Morgan fingerprint density at radius 1 is 0.424 bits per heavy atom. The molecule has 0 spiro atoms. The number of nitrogens with zero attached hydrogens (tertiary/aromatic N) is 3. The quantitative estimate of drug-likeness (QED) is 0.188. The van der Waals surface area contributed by atoms with Gasteiger partial charge in [-0.3, -0.25) is 0 Å². The minimum Gasteiger partial charge on any atom is -0.247 e. The summed E-state index contributed by atoms with van der Waals surface area (Å²) in [6.45, 7) is 8.31. The molecule has 0 aromatic carbocycles. The van der Waals surface area contributed by atoms with Crippen molar-refractivity contribution in [1.29, 1.82) is 0 Å². The highest BCUT2D eigenvalue weighted by molar-refractivity contribution is 6.33. The van der Waals surface area contributed by atoms with Crippen LogP contribution in [0.1, 0.15) is 77.0 Å². The van der Waals surface area contributed by atoms with Crippen molar-refractivity contribution in [2.45, 2.75) is 134 Å². The fourth-order valence-electron chi connectivity index (χ4n) is 4.41. The van der Waals surface area contributed by atoms with E-state index in [-0.39, 0.29) is 28.6 Å². The van der Waals surface area contributed by atoms with Crippen molar-refractivity contribution in [1.82, 2.24) is 13.7 Å². The average Bonchev–Trinajstić information content (AvgIpc) is 2.81. The molecule has 192 valence electrons. The van der Waals surface area contributed by atoms with Gasteiger partial charge in [0, 0.05) is 48.2 Å². The van der Waals surface area contributed by atoms with Crippen molar-refractivity contribution in [3.8, 4) is 0 Å². The van der Waals surface area contributed by atoms with Crippen LogP contribution in [0.3, 0.4) is 0 Å². The molecule has 1 aromatic heterocycles. The largest absolute Gasteiger partial charge is 0.336 e. The summed E-state index contributed by atoms with van der Waals surface area (Å²) in [6.07, 6.45) is 12.9. The van der Waals surface area contributed by atoms with Crippen LogP contribution in [0, 0.1) is 0 Å². The minimum absolute atomic E-state index is 0.127. The van der Waals surface area contributed by atoms with Crippen LogP contribution in [-0.2, 0) is 19.6 Å². The summed E-state index contributed by atoms with van der Waals surface area (Å²) in [4.78, 5) is 39.2. The molecule has 0 amide bonds. The lowest BCUT2D eigenvalue weighted by Crippen LogP contribution is -2.54. The lowest BCUT2D eigenvalue weighted by Gasteiger charge is -2.14. The number of unbranched alkanes of at least 4 members (excludes halogenated alkanes) is 9. The lowest BCUT2D eigenvalue weighted by atomic mass is 10.2. The Bertz CT molecular complexity index is 670. The predicted octanol–water partition coefficient (Wildman–Crippen LogP) is 2.76. The lowest BCUT2D eigenvalue weighted by molar-refractivity contribution is 0.413. The van der Waals surface area contributed by atoms with Gasteiger partial charge in [0.1, 0.15) is 0 Å². The topological polar surface area (TPSA) is 66.0 Å².